The molecule has 2 aromatic carbocycles. The van der Waals surface area contributed by atoms with Gasteiger partial charge in [-0.1, -0.05) is 30.3 Å². The Morgan fingerprint density at radius 2 is 1.87 bits per heavy atom. The van der Waals surface area contributed by atoms with E-state index in [1.54, 1.807) is 13.3 Å². The average Bonchev–Trinajstić information content (AvgIpc) is 3.01. The summed E-state index contributed by atoms with van der Waals surface area (Å²) in [6, 6.07) is 16.7. The molecule has 1 unspecified atom stereocenters. The Kier molecular flexibility index (Phi) is 3.40. The van der Waals surface area contributed by atoms with Crippen LogP contribution in [0.3, 0.4) is 0 Å². The first kappa shape index (κ1) is 14.0. The normalized spacial score (nSPS) is 12.6. The molecule has 4 nitrogen and oxygen atoms in total. The topological polar surface area (TPSA) is 52.3 Å². The molecule has 1 atom stereocenters. The van der Waals surface area contributed by atoms with Crippen LogP contribution >= 0.6 is 7.80 Å². The summed E-state index contributed by atoms with van der Waals surface area (Å²) in [5.41, 5.74) is 1.98. The minimum absolute atomic E-state index is 0.589. The van der Waals surface area contributed by atoms with Crippen LogP contribution in [0.15, 0.2) is 65.2 Å². The summed E-state index contributed by atoms with van der Waals surface area (Å²) in [4.78, 5) is 4.39. The maximum atomic E-state index is 13.0. The monoisotopic (exact) mass is 323 g/mol. The number of rotatable bonds is 3. The van der Waals surface area contributed by atoms with Crippen molar-refractivity contribution in [2.45, 2.75) is 0 Å². The van der Waals surface area contributed by atoms with Gasteiger partial charge in [-0.25, -0.2) is 0 Å². The van der Waals surface area contributed by atoms with Crippen LogP contribution in [-0.2, 0) is 4.57 Å². The lowest BCUT2D eigenvalue weighted by atomic mass is 10.2. The van der Waals surface area contributed by atoms with Crippen LogP contribution in [0.5, 0.6) is 5.75 Å². The van der Waals surface area contributed by atoms with E-state index in [2.05, 4.69) is 4.98 Å². The fraction of sp³-hybridized carbons (Fsp3) is 0.0556. The van der Waals surface area contributed by atoms with Crippen molar-refractivity contribution >= 4 is 40.5 Å². The molecule has 0 spiro atoms. The maximum Gasteiger partial charge on any atom is 0.154 e. The summed E-state index contributed by atoms with van der Waals surface area (Å²) < 4.78 is 24.4. The van der Waals surface area contributed by atoms with Crippen LogP contribution in [0.25, 0.3) is 22.1 Å². The third kappa shape index (κ3) is 2.23. The Morgan fingerprint density at radius 1 is 1.04 bits per heavy atom. The molecule has 4 aromatic rings. The van der Waals surface area contributed by atoms with Crippen LogP contribution in [0.2, 0.25) is 0 Å². The molecular weight excluding hydrogens is 309 g/mol. The molecule has 0 N–H and O–H groups in total. The van der Waals surface area contributed by atoms with Gasteiger partial charge >= 0.3 is 0 Å². The lowest BCUT2D eigenvalue weighted by Crippen LogP contribution is -2.07. The Labute approximate surface area is 133 Å². The second-order valence-electron chi connectivity index (χ2n) is 5.17. The van der Waals surface area contributed by atoms with E-state index < -0.39 is 7.80 Å². The highest BCUT2D eigenvalue weighted by Crippen LogP contribution is 2.36. The van der Waals surface area contributed by atoms with Gasteiger partial charge in [-0.3, -0.25) is 4.98 Å². The van der Waals surface area contributed by atoms with Gasteiger partial charge in [0.05, 0.1) is 17.8 Å². The van der Waals surface area contributed by atoms with Crippen molar-refractivity contribution in [1.29, 1.82) is 0 Å². The van der Waals surface area contributed by atoms with Crippen LogP contribution in [0.1, 0.15) is 0 Å². The largest absolute Gasteiger partial charge is 0.496 e. The van der Waals surface area contributed by atoms with E-state index >= 15 is 0 Å². The number of ether oxygens (including phenoxy) is 1. The first-order chi connectivity index (χ1) is 11.3. The van der Waals surface area contributed by atoms with Gasteiger partial charge in [0.15, 0.2) is 11.2 Å². The van der Waals surface area contributed by atoms with Crippen molar-refractivity contribution in [2.24, 2.45) is 0 Å². The second kappa shape index (κ2) is 5.56. The van der Waals surface area contributed by atoms with Crippen molar-refractivity contribution in [3.8, 4) is 5.75 Å². The number of hydrogen-bond acceptors (Lipinski definition) is 4. The third-order valence-electron chi connectivity index (χ3n) is 3.84. The summed E-state index contributed by atoms with van der Waals surface area (Å²) in [6.45, 7) is 0. The van der Waals surface area contributed by atoms with Crippen molar-refractivity contribution in [1.82, 2.24) is 4.98 Å². The molecule has 0 amide bonds. The number of fused-ring (bicyclic) bond motifs is 3. The molecule has 0 aliphatic heterocycles. The Hall–Kier alpha value is -2.58. The zero-order chi connectivity index (χ0) is 15.8. The van der Waals surface area contributed by atoms with Crippen molar-refractivity contribution in [3.05, 3.63) is 60.8 Å². The highest BCUT2D eigenvalue weighted by atomic mass is 31.1. The summed E-state index contributed by atoms with van der Waals surface area (Å²) in [5.74, 6) is 0.670. The minimum Gasteiger partial charge on any atom is -0.496 e. The number of nitrogens with zero attached hydrogens (tertiary/aromatic N) is 1. The van der Waals surface area contributed by atoms with Gasteiger partial charge in [0.1, 0.15) is 19.1 Å². The molecule has 0 aliphatic carbocycles. The van der Waals surface area contributed by atoms with Crippen molar-refractivity contribution in [2.75, 3.05) is 7.11 Å². The highest BCUT2D eigenvalue weighted by molar-refractivity contribution is 7.62. The molecule has 2 heterocycles. The zero-order valence-corrected chi connectivity index (χ0v) is 13.4. The molecule has 0 radical (unpaired) electrons. The minimum atomic E-state index is -2.17. The van der Waals surface area contributed by atoms with Gasteiger partial charge in [0.25, 0.3) is 0 Å². The molecule has 0 aliphatic rings. The van der Waals surface area contributed by atoms with Gasteiger partial charge in [-0.05, 0) is 24.3 Å². The third-order valence-corrected chi connectivity index (χ3v) is 5.58. The lowest BCUT2D eigenvalue weighted by molar-refractivity contribution is 0.420. The van der Waals surface area contributed by atoms with E-state index in [4.69, 9.17) is 9.15 Å². The van der Waals surface area contributed by atoms with Gasteiger partial charge in [0.2, 0.25) is 0 Å². The van der Waals surface area contributed by atoms with Gasteiger partial charge < -0.3 is 13.7 Å². The lowest BCUT2D eigenvalue weighted by Gasteiger charge is -2.06. The first-order valence-electron chi connectivity index (χ1n) is 7.23. The van der Waals surface area contributed by atoms with Crippen LogP contribution in [0.4, 0.5) is 0 Å². The number of furan rings is 1. The molecule has 0 saturated carbocycles. The van der Waals surface area contributed by atoms with Crippen LogP contribution < -0.4 is 15.3 Å². The average molecular weight is 323 g/mol. The number of aromatic nitrogens is 1. The predicted molar refractivity (Wildman–Crippen MR) is 92.8 cm³/mol. The molecule has 114 valence electrons. The summed E-state index contributed by atoms with van der Waals surface area (Å²) >= 11 is 0. The van der Waals surface area contributed by atoms with Gasteiger partial charge in [0, 0.05) is 11.5 Å². The number of pyridine rings is 1. The summed E-state index contributed by atoms with van der Waals surface area (Å²) in [7, 11) is -0.561. The fourth-order valence-electron chi connectivity index (χ4n) is 2.76. The van der Waals surface area contributed by atoms with Gasteiger partial charge in [-0.15, -0.1) is 0 Å². The van der Waals surface area contributed by atoms with Crippen LogP contribution in [-0.4, -0.2) is 12.1 Å². The van der Waals surface area contributed by atoms with Crippen molar-refractivity contribution < 1.29 is 13.7 Å². The maximum absolute atomic E-state index is 13.0. The zero-order valence-electron chi connectivity index (χ0n) is 12.4. The highest BCUT2D eigenvalue weighted by Gasteiger charge is 2.20. The molecule has 0 bridgehead atoms. The van der Waals surface area contributed by atoms with E-state index in [0.29, 0.717) is 22.2 Å². The fourth-order valence-corrected chi connectivity index (χ4v) is 4.18. The van der Waals surface area contributed by atoms with E-state index in [-0.39, 0.29) is 0 Å². The molecule has 0 fully saturated rings. The Morgan fingerprint density at radius 3 is 2.65 bits per heavy atom. The summed E-state index contributed by atoms with van der Waals surface area (Å²) in [5, 5.41) is 2.27. The quantitative estimate of drug-likeness (QED) is 0.542. The number of hydrogen-bond donors (Lipinski definition) is 0. The number of methoxy groups -OCH3 is 1. The Bertz CT molecular complexity index is 1020. The smallest absolute Gasteiger partial charge is 0.154 e. The molecule has 0 saturated heterocycles. The Balaban J connectivity index is 2.03. The molecule has 2 aromatic heterocycles. The second-order valence-corrected chi connectivity index (χ2v) is 6.94. The summed E-state index contributed by atoms with van der Waals surface area (Å²) in [6.07, 6.45) is 1.71. The standard InChI is InChI=1S/C18H14NO3P/c1-21-13-9-10-15(23(20)12-6-3-2-4-7-12)18-16(13)17-14(22-18)8-5-11-19-17/h2-11,23H,1H3. The van der Waals surface area contributed by atoms with E-state index in [9.17, 15) is 4.57 Å². The number of benzene rings is 2. The van der Waals surface area contributed by atoms with Crippen molar-refractivity contribution in [3.63, 3.8) is 0 Å². The first-order valence-corrected chi connectivity index (χ1v) is 8.64. The molecular formula is C18H14NO3P. The predicted octanol–water partition coefficient (Wildman–Crippen LogP) is 3.50. The van der Waals surface area contributed by atoms with E-state index in [1.165, 1.54) is 0 Å². The molecule has 23 heavy (non-hydrogen) atoms. The molecule has 4 rings (SSSR count). The van der Waals surface area contributed by atoms with Gasteiger partial charge in [-0.2, -0.15) is 0 Å². The SMILES string of the molecule is COc1ccc([PH](=O)c2ccccc2)c2oc3cccnc3c12. The van der Waals surface area contributed by atoms with E-state index in [1.807, 2.05) is 54.6 Å². The van der Waals surface area contributed by atoms with Crippen LogP contribution in [0, 0.1) is 0 Å². The molecule has 5 heteroatoms. The van der Waals surface area contributed by atoms with E-state index in [0.717, 1.165) is 16.2 Å².